The fourth-order valence-electron chi connectivity index (χ4n) is 2.45. The zero-order valence-corrected chi connectivity index (χ0v) is 9.63. The first-order valence-corrected chi connectivity index (χ1v) is 6.20. The van der Waals surface area contributed by atoms with Crippen molar-refractivity contribution in [3.05, 3.63) is 0 Å². The summed E-state index contributed by atoms with van der Waals surface area (Å²) in [4.78, 5) is 2.73. The van der Waals surface area contributed by atoms with E-state index in [1.165, 1.54) is 45.4 Å². The zero-order chi connectivity index (χ0) is 9.97. The van der Waals surface area contributed by atoms with Gasteiger partial charge < -0.3 is 5.32 Å². The lowest BCUT2D eigenvalue weighted by molar-refractivity contribution is 0.136. The second-order valence-electron chi connectivity index (χ2n) is 5.43. The summed E-state index contributed by atoms with van der Waals surface area (Å²) in [6.07, 6.45) is 4.33. The molecule has 0 bridgehead atoms. The molecule has 1 heterocycles. The Kier molecular flexibility index (Phi) is 3.45. The van der Waals surface area contributed by atoms with Gasteiger partial charge in [-0.05, 0) is 31.1 Å². The first-order chi connectivity index (χ1) is 6.75. The molecule has 1 aliphatic carbocycles. The fraction of sp³-hybridized carbons (Fsp3) is 1.00. The zero-order valence-electron chi connectivity index (χ0n) is 9.63. The average Bonchev–Trinajstić information content (AvgIpc) is 2.91. The topological polar surface area (TPSA) is 15.3 Å². The van der Waals surface area contributed by atoms with Crippen molar-refractivity contribution in [3.8, 4) is 0 Å². The Morgan fingerprint density at radius 1 is 1.36 bits per heavy atom. The molecule has 1 N–H and O–H groups in total. The molecule has 2 nitrogen and oxygen atoms in total. The van der Waals surface area contributed by atoms with Gasteiger partial charge in [0.2, 0.25) is 0 Å². The van der Waals surface area contributed by atoms with Crippen molar-refractivity contribution >= 4 is 0 Å². The van der Waals surface area contributed by atoms with Gasteiger partial charge in [0.1, 0.15) is 0 Å². The number of hydrogen-bond acceptors (Lipinski definition) is 2. The second kappa shape index (κ2) is 4.63. The van der Waals surface area contributed by atoms with Crippen LogP contribution in [0.3, 0.4) is 0 Å². The Bertz CT molecular complexity index is 163. The predicted octanol–water partition coefficient (Wildman–Crippen LogP) is 1.72. The Morgan fingerprint density at radius 3 is 2.79 bits per heavy atom. The van der Waals surface area contributed by atoms with E-state index in [1.54, 1.807) is 0 Å². The Labute approximate surface area is 88.1 Å². The van der Waals surface area contributed by atoms with E-state index in [9.17, 15) is 0 Å². The second-order valence-corrected chi connectivity index (χ2v) is 5.43. The summed E-state index contributed by atoms with van der Waals surface area (Å²) in [6.45, 7) is 9.73. The highest BCUT2D eigenvalue weighted by Crippen LogP contribution is 2.31. The van der Waals surface area contributed by atoms with Crippen LogP contribution in [0.25, 0.3) is 0 Å². The molecular formula is C12H24N2. The van der Waals surface area contributed by atoms with Gasteiger partial charge in [-0.25, -0.2) is 0 Å². The lowest BCUT2D eigenvalue weighted by Crippen LogP contribution is -2.52. The summed E-state index contributed by atoms with van der Waals surface area (Å²) < 4.78 is 0. The van der Waals surface area contributed by atoms with Crippen LogP contribution in [0.5, 0.6) is 0 Å². The smallest absolute Gasteiger partial charge is 0.0223 e. The van der Waals surface area contributed by atoms with Gasteiger partial charge in [-0.3, -0.25) is 4.90 Å². The molecule has 0 aromatic carbocycles. The van der Waals surface area contributed by atoms with Crippen LogP contribution in [0, 0.1) is 11.8 Å². The van der Waals surface area contributed by atoms with Crippen LogP contribution < -0.4 is 5.32 Å². The van der Waals surface area contributed by atoms with E-state index in [0.29, 0.717) is 0 Å². The van der Waals surface area contributed by atoms with Crippen LogP contribution in [-0.4, -0.2) is 37.1 Å². The van der Waals surface area contributed by atoms with Gasteiger partial charge in [-0.15, -0.1) is 0 Å². The van der Waals surface area contributed by atoms with Crippen LogP contribution in [0.15, 0.2) is 0 Å². The molecule has 2 aliphatic rings. The standard InChI is InChI=1S/C12H24N2/c1-10(2)7-12-8-13-5-6-14(12)9-11-3-4-11/h10-13H,3-9H2,1-2H3. The minimum absolute atomic E-state index is 0.810. The summed E-state index contributed by atoms with van der Waals surface area (Å²) >= 11 is 0. The maximum Gasteiger partial charge on any atom is 0.0223 e. The van der Waals surface area contributed by atoms with E-state index in [2.05, 4.69) is 24.1 Å². The SMILES string of the molecule is CC(C)CC1CNCCN1CC1CC1. The quantitative estimate of drug-likeness (QED) is 0.736. The molecule has 1 saturated carbocycles. The average molecular weight is 196 g/mol. The van der Waals surface area contributed by atoms with Crippen molar-refractivity contribution in [2.75, 3.05) is 26.2 Å². The van der Waals surface area contributed by atoms with E-state index in [1.807, 2.05) is 0 Å². The summed E-state index contributed by atoms with van der Waals surface area (Å²) in [6, 6.07) is 0.810. The molecule has 0 aromatic rings. The molecule has 1 atom stereocenters. The largest absolute Gasteiger partial charge is 0.314 e. The number of nitrogens with zero attached hydrogens (tertiary/aromatic N) is 1. The monoisotopic (exact) mass is 196 g/mol. The Hall–Kier alpha value is -0.0800. The molecule has 0 amide bonds. The van der Waals surface area contributed by atoms with Gasteiger partial charge in [0.05, 0.1) is 0 Å². The summed E-state index contributed by atoms with van der Waals surface area (Å²) in [5.74, 6) is 1.88. The van der Waals surface area contributed by atoms with Gasteiger partial charge in [0, 0.05) is 32.2 Å². The molecule has 1 saturated heterocycles. The number of hydrogen-bond donors (Lipinski definition) is 1. The van der Waals surface area contributed by atoms with Gasteiger partial charge >= 0.3 is 0 Å². The van der Waals surface area contributed by atoms with E-state index in [4.69, 9.17) is 0 Å². The predicted molar refractivity (Wildman–Crippen MR) is 60.4 cm³/mol. The molecule has 0 spiro atoms. The van der Waals surface area contributed by atoms with E-state index < -0.39 is 0 Å². The van der Waals surface area contributed by atoms with Crippen LogP contribution >= 0.6 is 0 Å². The molecule has 1 aliphatic heterocycles. The molecular weight excluding hydrogens is 172 g/mol. The van der Waals surface area contributed by atoms with Crippen LogP contribution in [0.1, 0.15) is 33.1 Å². The van der Waals surface area contributed by atoms with Crippen LogP contribution in [0.2, 0.25) is 0 Å². The van der Waals surface area contributed by atoms with Gasteiger partial charge in [0.15, 0.2) is 0 Å². The van der Waals surface area contributed by atoms with Crippen molar-refractivity contribution in [1.82, 2.24) is 10.2 Å². The van der Waals surface area contributed by atoms with Crippen molar-refractivity contribution in [3.63, 3.8) is 0 Å². The van der Waals surface area contributed by atoms with Gasteiger partial charge in [-0.2, -0.15) is 0 Å². The highest BCUT2D eigenvalue weighted by Gasteiger charge is 2.29. The number of piperazine rings is 1. The summed E-state index contributed by atoms with van der Waals surface area (Å²) in [5, 5.41) is 3.52. The highest BCUT2D eigenvalue weighted by molar-refractivity contribution is 4.85. The van der Waals surface area contributed by atoms with Crippen LogP contribution in [-0.2, 0) is 0 Å². The van der Waals surface area contributed by atoms with Crippen molar-refractivity contribution in [1.29, 1.82) is 0 Å². The van der Waals surface area contributed by atoms with Crippen molar-refractivity contribution in [2.45, 2.75) is 39.2 Å². The maximum atomic E-state index is 3.52. The van der Waals surface area contributed by atoms with Crippen molar-refractivity contribution in [2.24, 2.45) is 11.8 Å². The first-order valence-electron chi connectivity index (χ1n) is 6.20. The third kappa shape index (κ3) is 2.96. The summed E-state index contributed by atoms with van der Waals surface area (Å²) in [5.41, 5.74) is 0. The molecule has 2 heteroatoms. The Morgan fingerprint density at radius 2 is 2.14 bits per heavy atom. The maximum absolute atomic E-state index is 3.52. The first kappa shape index (κ1) is 10.4. The lowest BCUT2D eigenvalue weighted by Gasteiger charge is -2.37. The molecule has 0 radical (unpaired) electrons. The van der Waals surface area contributed by atoms with Crippen LogP contribution in [0.4, 0.5) is 0 Å². The normalized spacial score (nSPS) is 29.8. The summed E-state index contributed by atoms with van der Waals surface area (Å²) in [7, 11) is 0. The molecule has 2 rings (SSSR count). The van der Waals surface area contributed by atoms with Gasteiger partial charge in [0.25, 0.3) is 0 Å². The Balaban J connectivity index is 1.82. The molecule has 14 heavy (non-hydrogen) atoms. The molecule has 2 fully saturated rings. The third-order valence-corrected chi connectivity index (χ3v) is 3.41. The molecule has 1 unspecified atom stereocenters. The highest BCUT2D eigenvalue weighted by atomic mass is 15.2. The van der Waals surface area contributed by atoms with E-state index in [0.717, 1.165) is 17.9 Å². The third-order valence-electron chi connectivity index (χ3n) is 3.41. The molecule has 82 valence electrons. The van der Waals surface area contributed by atoms with E-state index >= 15 is 0 Å². The van der Waals surface area contributed by atoms with Crippen molar-refractivity contribution < 1.29 is 0 Å². The minimum atomic E-state index is 0.810. The lowest BCUT2D eigenvalue weighted by atomic mass is 10.0. The minimum Gasteiger partial charge on any atom is -0.314 e. The fourth-order valence-corrected chi connectivity index (χ4v) is 2.45. The molecule has 0 aromatic heterocycles. The van der Waals surface area contributed by atoms with E-state index in [-0.39, 0.29) is 0 Å². The number of rotatable bonds is 4. The number of nitrogens with one attached hydrogen (secondary N) is 1. The van der Waals surface area contributed by atoms with Gasteiger partial charge in [-0.1, -0.05) is 13.8 Å².